The minimum atomic E-state index is -0.475. The maximum Gasteiger partial charge on any atom is 0.414 e. The van der Waals surface area contributed by atoms with Crippen molar-refractivity contribution in [2.24, 2.45) is 0 Å². The van der Waals surface area contributed by atoms with Gasteiger partial charge >= 0.3 is 6.09 Å². The van der Waals surface area contributed by atoms with Gasteiger partial charge in [-0.2, -0.15) is 0 Å². The van der Waals surface area contributed by atoms with Gasteiger partial charge < -0.3 is 29.0 Å². The van der Waals surface area contributed by atoms with Crippen molar-refractivity contribution in [1.29, 1.82) is 0 Å². The summed E-state index contributed by atoms with van der Waals surface area (Å²) in [6, 6.07) is 8.49. The van der Waals surface area contributed by atoms with Gasteiger partial charge in [0.1, 0.15) is 12.2 Å². The molecule has 10 heteroatoms. The molecule has 0 bridgehead atoms. The Morgan fingerprint density at radius 2 is 2.00 bits per heavy atom. The predicted octanol–water partition coefficient (Wildman–Crippen LogP) is 2.12. The average molecular weight is 441 g/mol. The van der Waals surface area contributed by atoms with E-state index < -0.39 is 12.2 Å². The van der Waals surface area contributed by atoms with Crippen molar-refractivity contribution >= 4 is 17.7 Å². The van der Waals surface area contributed by atoms with E-state index in [2.05, 4.69) is 10.3 Å². The molecule has 5 rings (SSSR count). The first-order valence-electron chi connectivity index (χ1n) is 10.5. The normalized spacial score (nSPS) is 20.2. The van der Waals surface area contributed by atoms with E-state index in [1.165, 1.54) is 4.90 Å². The highest BCUT2D eigenvalue weighted by atomic mass is 16.7. The second-order valence-electron chi connectivity index (χ2n) is 7.68. The van der Waals surface area contributed by atoms with E-state index in [1.54, 1.807) is 36.5 Å². The number of aromatic nitrogens is 1. The molecule has 0 spiro atoms. The van der Waals surface area contributed by atoms with E-state index in [1.807, 2.05) is 0 Å². The summed E-state index contributed by atoms with van der Waals surface area (Å²) in [5.74, 6) is 1.35. The highest BCUT2D eigenvalue weighted by Gasteiger charge is 2.33. The van der Waals surface area contributed by atoms with Gasteiger partial charge in [0.05, 0.1) is 32.0 Å². The van der Waals surface area contributed by atoms with Gasteiger partial charge in [0.2, 0.25) is 12.7 Å². The summed E-state index contributed by atoms with van der Waals surface area (Å²) in [5.41, 5.74) is 1.08. The summed E-state index contributed by atoms with van der Waals surface area (Å²) in [6.07, 6.45) is 2.22. The number of carbonyl (C=O) groups is 2. The number of carbonyl (C=O) groups excluding carboxylic acids is 2. The molecule has 0 radical (unpaired) electrons. The van der Waals surface area contributed by atoms with Crippen LogP contribution in [0.15, 0.2) is 36.5 Å². The molecule has 10 nitrogen and oxygen atoms in total. The van der Waals surface area contributed by atoms with Crippen LogP contribution in [0, 0.1) is 0 Å². The van der Waals surface area contributed by atoms with Crippen LogP contribution in [0.25, 0.3) is 0 Å². The van der Waals surface area contributed by atoms with Crippen molar-refractivity contribution in [2.75, 3.05) is 38.0 Å². The third kappa shape index (κ3) is 4.40. The standard InChI is InChI=1S/C22H23N3O7/c26-21(14-3-6-23-20(9-14)31-16-4-7-28-8-5-16)24-11-17-12-25(22(27)32-17)15-1-2-18-19(10-15)30-13-29-18/h1-3,6,9-10,16-17H,4-5,7-8,11-13H2,(H,24,26)/t17-/m1/s1. The number of anilines is 1. The van der Waals surface area contributed by atoms with Crippen molar-refractivity contribution < 1.29 is 33.3 Å². The number of rotatable bonds is 6. The molecule has 2 amide bonds. The Kier molecular flexibility index (Phi) is 5.68. The van der Waals surface area contributed by atoms with E-state index in [9.17, 15) is 9.59 Å². The zero-order chi connectivity index (χ0) is 21.9. The summed E-state index contributed by atoms with van der Waals surface area (Å²) < 4.78 is 27.3. The van der Waals surface area contributed by atoms with Crippen molar-refractivity contribution in [3.63, 3.8) is 0 Å². The summed E-state index contributed by atoms with van der Waals surface area (Å²) >= 11 is 0. The van der Waals surface area contributed by atoms with Crippen LogP contribution in [0.1, 0.15) is 23.2 Å². The van der Waals surface area contributed by atoms with Crippen molar-refractivity contribution in [3.8, 4) is 17.4 Å². The van der Waals surface area contributed by atoms with Gasteiger partial charge in [-0.1, -0.05) is 0 Å². The molecular formula is C22H23N3O7. The molecule has 1 aromatic carbocycles. The fraction of sp³-hybridized carbons (Fsp3) is 0.409. The molecule has 1 aromatic heterocycles. The Balaban J connectivity index is 1.16. The number of fused-ring (bicyclic) bond motifs is 1. The van der Waals surface area contributed by atoms with E-state index in [4.69, 9.17) is 23.7 Å². The quantitative estimate of drug-likeness (QED) is 0.726. The monoisotopic (exact) mass is 441 g/mol. The van der Waals surface area contributed by atoms with Crippen LogP contribution in [0.3, 0.4) is 0 Å². The molecule has 0 aliphatic carbocycles. The Morgan fingerprint density at radius 3 is 2.88 bits per heavy atom. The molecule has 0 saturated carbocycles. The second kappa shape index (κ2) is 8.91. The third-order valence-electron chi connectivity index (χ3n) is 5.48. The first-order valence-corrected chi connectivity index (χ1v) is 10.5. The van der Waals surface area contributed by atoms with Gasteiger partial charge in [-0.15, -0.1) is 0 Å². The molecule has 4 heterocycles. The lowest BCUT2D eigenvalue weighted by Gasteiger charge is -2.22. The van der Waals surface area contributed by atoms with Gasteiger partial charge in [-0.25, -0.2) is 9.78 Å². The van der Waals surface area contributed by atoms with E-state index >= 15 is 0 Å². The lowest BCUT2D eigenvalue weighted by atomic mass is 10.1. The molecule has 32 heavy (non-hydrogen) atoms. The number of hydrogen-bond donors (Lipinski definition) is 1. The average Bonchev–Trinajstić information content (AvgIpc) is 3.44. The second-order valence-corrected chi connectivity index (χ2v) is 7.68. The molecule has 1 N–H and O–H groups in total. The van der Waals surface area contributed by atoms with Crippen LogP contribution in [0.2, 0.25) is 0 Å². The van der Waals surface area contributed by atoms with Gasteiger partial charge in [0, 0.05) is 36.7 Å². The van der Waals surface area contributed by atoms with Crippen LogP contribution in [-0.2, 0) is 9.47 Å². The maximum absolute atomic E-state index is 12.6. The highest BCUT2D eigenvalue weighted by Crippen LogP contribution is 2.36. The first kappa shape index (κ1) is 20.4. The lowest BCUT2D eigenvalue weighted by Crippen LogP contribution is -2.34. The van der Waals surface area contributed by atoms with E-state index in [0.717, 1.165) is 12.8 Å². The number of ether oxygens (including phenoxy) is 5. The SMILES string of the molecule is O=C(NC[C@@H]1CN(c2ccc3c(c2)OCO3)C(=O)O1)c1ccnc(OC2CCOCC2)c1. The molecule has 168 valence electrons. The summed E-state index contributed by atoms with van der Waals surface area (Å²) in [5, 5.41) is 2.82. The van der Waals surface area contributed by atoms with Crippen molar-refractivity contribution in [1.82, 2.24) is 10.3 Å². The molecule has 1 atom stereocenters. The van der Waals surface area contributed by atoms with Crippen molar-refractivity contribution in [2.45, 2.75) is 25.0 Å². The summed E-state index contributed by atoms with van der Waals surface area (Å²) in [6.45, 7) is 1.98. The molecular weight excluding hydrogens is 418 g/mol. The number of benzene rings is 1. The van der Waals surface area contributed by atoms with Crippen LogP contribution >= 0.6 is 0 Å². The van der Waals surface area contributed by atoms with E-state index in [-0.39, 0.29) is 25.3 Å². The van der Waals surface area contributed by atoms with Gasteiger partial charge in [0.15, 0.2) is 11.5 Å². The fourth-order valence-electron chi connectivity index (χ4n) is 3.78. The Morgan fingerprint density at radius 1 is 1.16 bits per heavy atom. The minimum absolute atomic E-state index is 0.0367. The van der Waals surface area contributed by atoms with Crippen molar-refractivity contribution in [3.05, 3.63) is 42.1 Å². The zero-order valence-corrected chi connectivity index (χ0v) is 17.3. The van der Waals surface area contributed by atoms with Crippen LogP contribution in [0.5, 0.6) is 17.4 Å². The molecule has 3 aliphatic heterocycles. The van der Waals surface area contributed by atoms with Crippen LogP contribution in [0.4, 0.5) is 10.5 Å². The predicted molar refractivity (Wildman–Crippen MR) is 111 cm³/mol. The zero-order valence-electron chi connectivity index (χ0n) is 17.3. The summed E-state index contributed by atoms with van der Waals surface area (Å²) in [7, 11) is 0. The van der Waals surface area contributed by atoms with E-state index in [0.29, 0.717) is 48.4 Å². The Bertz CT molecular complexity index is 1010. The third-order valence-corrected chi connectivity index (χ3v) is 5.48. The smallest absolute Gasteiger partial charge is 0.414 e. The highest BCUT2D eigenvalue weighted by molar-refractivity contribution is 5.94. The van der Waals surface area contributed by atoms with Crippen LogP contribution < -0.4 is 24.4 Å². The molecule has 0 unspecified atom stereocenters. The van der Waals surface area contributed by atoms with Gasteiger partial charge in [0.25, 0.3) is 5.91 Å². The molecule has 2 saturated heterocycles. The number of amides is 2. The lowest BCUT2D eigenvalue weighted by molar-refractivity contribution is 0.0237. The number of hydrogen-bond acceptors (Lipinski definition) is 8. The van der Waals surface area contributed by atoms with Gasteiger partial charge in [-0.3, -0.25) is 9.69 Å². The molecule has 2 aromatic rings. The topological polar surface area (TPSA) is 108 Å². The number of pyridine rings is 1. The first-order chi connectivity index (χ1) is 15.7. The fourth-order valence-corrected chi connectivity index (χ4v) is 3.78. The summed E-state index contributed by atoms with van der Waals surface area (Å²) in [4.78, 5) is 30.6. The van der Waals surface area contributed by atoms with Crippen LogP contribution in [-0.4, -0.2) is 62.3 Å². The maximum atomic E-state index is 12.6. The van der Waals surface area contributed by atoms with Gasteiger partial charge in [-0.05, 0) is 18.2 Å². The molecule has 3 aliphatic rings. The minimum Gasteiger partial charge on any atom is -0.474 e. The largest absolute Gasteiger partial charge is 0.474 e. The molecule has 2 fully saturated rings. The number of cyclic esters (lactones) is 1. The number of nitrogens with zero attached hydrogens (tertiary/aromatic N) is 2. The Labute approximate surface area is 184 Å². The Hall–Kier alpha value is -3.53. The number of nitrogens with one attached hydrogen (secondary N) is 1.